The van der Waals surface area contributed by atoms with E-state index in [1.165, 1.54) is 44.2 Å². The van der Waals surface area contributed by atoms with E-state index in [4.69, 9.17) is 11.6 Å². The van der Waals surface area contributed by atoms with Gasteiger partial charge in [-0.25, -0.2) is 13.1 Å². The molecule has 0 heterocycles. The van der Waals surface area contributed by atoms with E-state index in [0.717, 1.165) is 0 Å². The monoisotopic (exact) mass is 358 g/mol. The van der Waals surface area contributed by atoms with E-state index >= 15 is 0 Å². The summed E-state index contributed by atoms with van der Waals surface area (Å²) in [5.74, 6) is 0.435. The Morgan fingerprint density at radius 2 is 1.87 bits per heavy atom. The van der Waals surface area contributed by atoms with Gasteiger partial charge in [0.25, 0.3) is 0 Å². The number of sulfonamides is 1. The summed E-state index contributed by atoms with van der Waals surface area (Å²) in [4.78, 5) is 11.8. The summed E-state index contributed by atoms with van der Waals surface area (Å²) in [7, 11) is -3.68. The van der Waals surface area contributed by atoms with Crippen LogP contribution in [0.3, 0.4) is 0 Å². The number of rotatable bonds is 7. The maximum absolute atomic E-state index is 12.1. The van der Waals surface area contributed by atoms with Crippen LogP contribution in [0.5, 0.6) is 0 Å². The average Bonchev–Trinajstić information content (AvgIpc) is 2.54. The van der Waals surface area contributed by atoms with Crippen molar-refractivity contribution < 1.29 is 13.2 Å². The summed E-state index contributed by atoms with van der Waals surface area (Å²) in [6.45, 7) is 0.750. The van der Waals surface area contributed by atoms with Gasteiger partial charge in [-0.15, -0.1) is 0 Å². The lowest BCUT2D eigenvalue weighted by atomic mass is 9.89. The number of carbonyl (C=O) groups is 1. The van der Waals surface area contributed by atoms with Gasteiger partial charge in [0.15, 0.2) is 0 Å². The molecule has 0 unspecified atom stereocenters. The molecule has 0 saturated heterocycles. The highest BCUT2D eigenvalue weighted by molar-refractivity contribution is 7.89. The maximum atomic E-state index is 12.1. The molecule has 1 aromatic carbocycles. The Bertz CT molecular complexity index is 628. The second kappa shape index (κ2) is 8.66. The van der Waals surface area contributed by atoms with Crippen molar-refractivity contribution >= 4 is 27.5 Å². The van der Waals surface area contributed by atoms with Crippen LogP contribution in [-0.2, 0) is 14.8 Å². The first-order valence-electron chi connectivity index (χ1n) is 8.00. The number of halogens is 1. The molecule has 0 aliphatic heterocycles. The van der Waals surface area contributed by atoms with E-state index in [-0.39, 0.29) is 28.8 Å². The van der Waals surface area contributed by atoms with Crippen LogP contribution in [0.4, 0.5) is 0 Å². The van der Waals surface area contributed by atoms with Gasteiger partial charge in [-0.05, 0) is 30.9 Å². The van der Waals surface area contributed by atoms with Crippen LogP contribution < -0.4 is 10.0 Å². The Labute approximate surface area is 142 Å². The second-order valence-electron chi connectivity index (χ2n) is 5.89. The number of benzene rings is 1. The van der Waals surface area contributed by atoms with Crippen molar-refractivity contribution in [2.45, 2.75) is 43.4 Å². The lowest BCUT2D eigenvalue weighted by molar-refractivity contribution is -0.121. The summed E-state index contributed by atoms with van der Waals surface area (Å²) >= 11 is 5.89. The summed E-state index contributed by atoms with van der Waals surface area (Å²) in [6, 6.07) is 6.23. The fourth-order valence-electron chi connectivity index (χ4n) is 2.78. The van der Waals surface area contributed by atoms with Crippen LogP contribution in [-0.4, -0.2) is 27.4 Å². The van der Waals surface area contributed by atoms with E-state index in [1.807, 2.05) is 0 Å². The first kappa shape index (κ1) is 18.2. The standard InChI is InChI=1S/C16H23ClN2O3S/c17-14-8-4-5-9-15(14)23(21,22)19-11-10-16(20)18-12-13-6-2-1-3-7-13/h4-5,8-9,13,19H,1-3,6-7,10-12H2,(H,18,20). The second-order valence-corrected chi connectivity index (χ2v) is 8.03. The van der Waals surface area contributed by atoms with Crippen molar-refractivity contribution in [2.24, 2.45) is 5.92 Å². The molecule has 23 heavy (non-hydrogen) atoms. The third-order valence-corrected chi connectivity index (χ3v) is 6.04. The van der Waals surface area contributed by atoms with Gasteiger partial charge in [-0.2, -0.15) is 0 Å². The summed E-state index contributed by atoms with van der Waals surface area (Å²) in [6.07, 6.45) is 6.21. The Kier molecular flexibility index (Phi) is 6.87. The molecule has 0 aromatic heterocycles. The smallest absolute Gasteiger partial charge is 0.242 e. The van der Waals surface area contributed by atoms with Gasteiger partial charge in [0.2, 0.25) is 15.9 Å². The number of amides is 1. The molecule has 5 nitrogen and oxygen atoms in total. The molecule has 0 bridgehead atoms. The fourth-order valence-corrected chi connectivity index (χ4v) is 4.33. The molecule has 1 saturated carbocycles. The molecule has 1 fully saturated rings. The summed E-state index contributed by atoms with van der Waals surface area (Å²) in [5, 5.41) is 3.06. The highest BCUT2D eigenvalue weighted by Gasteiger charge is 2.18. The molecular formula is C16H23ClN2O3S. The van der Waals surface area contributed by atoms with E-state index in [2.05, 4.69) is 10.0 Å². The third-order valence-electron chi connectivity index (χ3n) is 4.08. The van der Waals surface area contributed by atoms with Crippen LogP contribution in [0.1, 0.15) is 38.5 Å². The predicted molar refractivity (Wildman–Crippen MR) is 90.8 cm³/mol. The molecule has 2 N–H and O–H groups in total. The largest absolute Gasteiger partial charge is 0.356 e. The topological polar surface area (TPSA) is 75.3 Å². The Morgan fingerprint density at radius 3 is 2.57 bits per heavy atom. The van der Waals surface area contributed by atoms with Crippen molar-refractivity contribution in [3.05, 3.63) is 29.3 Å². The normalized spacial score (nSPS) is 16.2. The Balaban J connectivity index is 1.73. The molecule has 0 atom stereocenters. The van der Waals surface area contributed by atoms with Crippen LogP contribution >= 0.6 is 11.6 Å². The quantitative estimate of drug-likeness (QED) is 0.786. The van der Waals surface area contributed by atoms with E-state index in [1.54, 1.807) is 12.1 Å². The van der Waals surface area contributed by atoms with E-state index in [9.17, 15) is 13.2 Å². The zero-order chi connectivity index (χ0) is 16.7. The molecular weight excluding hydrogens is 336 g/mol. The van der Waals surface area contributed by atoms with Crippen molar-refractivity contribution in [1.82, 2.24) is 10.0 Å². The minimum atomic E-state index is -3.68. The van der Waals surface area contributed by atoms with Crippen molar-refractivity contribution in [2.75, 3.05) is 13.1 Å². The molecule has 0 spiro atoms. The van der Waals surface area contributed by atoms with Gasteiger partial charge in [0, 0.05) is 19.5 Å². The van der Waals surface area contributed by atoms with Crippen molar-refractivity contribution in [3.63, 3.8) is 0 Å². The van der Waals surface area contributed by atoms with Gasteiger partial charge < -0.3 is 5.32 Å². The van der Waals surface area contributed by atoms with Crippen molar-refractivity contribution in [3.8, 4) is 0 Å². The number of nitrogens with one attached hydrogen (secondary N) is 2. The first-order chi connectivity index (χ1) is 11.0. The minimum Gasteiger partial charge on any atom is -0.356 e. The van der Waals surface area contributed by atoms with Crippen molar-refractivity contribution in [1.29, 1.82) is 0 Å². The molecule has 1 aromatic rings. The third kappa shape index (κ3) is 5.79. The van der Waals surface area contributed by atoms with Gasteiger partial charge in [0.1, 0.15) is 4.90 Å². The lowest BCUT2D eigenvalue weighted by Crippen LogP contribution is -2.33. The Morgan fingerprint density at radius 1 is 1.17 bits per heavy atom. The first-order valence-corrected chi connectivity index (χ1v) is 9.86. The predicted octanol–water partition coefficient (Wildman–Crippen LogP) is 2.70. The number of carbonyl (C=O) groups excluding carboxylic acids is 1. The average molecular weight is 359 g/mol. The minimum absolute atomic E-state index is 0.0317. The summed E-state index contributed by atoms with van der Waals surface area (Å²) < 4.78 is 26.6. The fraction of sp³-hybridized carbons (Fsp3) is 0.562. The highest BCUT2D eigenvalue weighted by Crippen LogP contribution is 2.22. The molecule has 128 valence electrons. The Hall–Kier alpha value is -1.11. The highest BCUT2D eigenvalue weighted by atomic mass is 35.5. The van der Waals surface area contributed by atoms with Crippen LogP contribution in [0, 0.1) is 5.92 Å². The molecule has 7 heteroatoms. The zero-order valence-corrected chi connectivity index (χ0v) is 14.6. The number of hydrogen-bond acceptors (Lipinski definition) is 3. The van der Waals surface area contributed by atoms with Gasteiger partial charge in [0.05, 0.1) is 5.02 Å². The van der Waals surface area contributed by atoms with Crippen LogP contribution in [0.2, 0.25) is 5.02 Å². The summed E-state index contributed by atoms with van der Waals surface area (Å²) in [5.41, 5.74) is 0. The molecule has 1 aliphatic carbocycles. The number of hydrogen-bond donors (Lipinski definition) is 2. The van der Waals surface area contributed by atoms with Crippen LogP contribution in [0.25, 0.3) is 0 Å². The maximum Gasteiger partial charge on any atom is 0.242 e. The SMILES string of the molecule is O=C(CCNS(=O)(=O)c1ccccc1Cl)NCC1CCCCC1. The van der Waals surface area contributed by atoms with Gasteiger partial charge in [-0.3, -0.25) is 4.79 Å². The van der Waals surface area contributed by atoms with Crippen LogP contribution in [0.15, 0.2) is 29.2 Å². The lowest BCUT2D eigenvalue weighted by Gasteiger charge is -2.21. The molecule has 0 radical (unpaired) electrons. The van der Waals surface area contributed by atoms with E-state index in [0.29, 0.717) is 12.5 Å². The molecule has 1 amide bonds. The molecule has 2 rings (SSSR count). The van der Waals surface area contributed by atoms with Gasteiger partial charge >= 0.3 is 0 Å². The molecule has 1 aliphatic rings. The van der Waals surface area contributed by atoms with E-state index < -0.39 is 10.0 Å². The zero-order valence-electron chi connectivity index (χ0n) is 13.1. The van der Waals surface area contributed by atoms with Gasteiger partial charge in [-0.1, -0.05) is 43.0 Å².